The van der Waals surface area contributed by atoms with E-state index in [0.29, 0.717) is 0 Å². The third-order valence-electron chi connectivity index (χ3n) is 1.19. The quantitative estimate of drug-likeness (QED) is 0.620. The van der Waals surface area contributed by atoms with Gasteiger partial charge in [-0.3, -0.25) is 5.10 Å². The third-order valence-corrected chi connectivity index (χ3v) is 2.33. The van der Waals surface area contributed by atoms with Crippen LogP contribution in [-0.4, -0.2) is 29.7 Å². The summed E-state index contributed by atoms with van der Waals surface area (Å²) in [4.78, 5) is 10.5. The first-order chi connectivity index (χ1) is 5.84. The van der Waals surface area contributed by atoms with Crippen LogP contribution in [-0.2, 0) is 10.0 Å². The summed E-state index contributed by atoms with van der Waals surface area (Å²) in [5, 5.41) is 17.2. The lowest BCUT2D eigenvalue weighted by Gasteiger charge is -1.94. The molecule has 0 aliphatic rings. The van der Waals surface area contributed by atoms with Crippen molar-refractivity contribution in [2.24, 2.45) is 5.14 Å². The molecule has 4 N–H and O–H groups in total. The number of H-pyrrole nitrogens is 1. The van der Waals surface area contributed by atoms with Crippen LogP contribution in [0.5, 0.6) is 0 Å². The van der Waals surface area contributed by atoms with Gasteiger partial charge in [0.15, 0.2) is 10.2 Å². The van der Waals surface area contributed by atoms with Crippen LogP contribution in [0, 0.1) is 0 Å². The monoisotopic (exact) mass is 225 g/mol. The second kappa shape index (κ2) is 2.98. The first kappa shape index (κ1) is 9.96. The first-order valence-electron chi connectivity index (χ1n) is 2.84. The Balaban J connectivity index is 3.49. The summed E-state index contributed by atoms with van der Waals surface area (Å²) in [6.45, 7) is 0. The van der Waals surface area contributed by atoms with E-state index in [-0.39, 0.29) is 0 Å². The van der Waals surface area contributed by atoms with Crippen LogP contribution in [0.4, 0.5) is 0 Å². The van der Waals surface area contributed by atoms with Gasteiger partial charge in [0.25, 0.3) is 10.0 Å². The van der Waals surface area contributed by atoms with Gasteiger partial charge in [-0.25, -0.2) is 18.4 Å². The molecule has 0 aromatic carbocycles. The number of primary sulfonamides is 1. The van der Waals surface area contributed by atoms with Crippen molar-refractivity contribution >= 4 is 27.6 Å². The van der Waals surface area contributed by atoms with E-state index >= 15 is 0 Å². The Morgan fingerprint density at radius 3 is 2.46 bits per heavy atom. The average Bonchev–Trinajstić information content (AvgIpc) is 2.28. The predicted octanol–water partition coefficient (Wildman–Crippen LogP) is -0.591. The van der Waals surface area contributed by atoms with E-state index in [9.17, 15) is 13.2 Å². The van der Waals surface area contributed by atoms with Gasteiger partial charge in [-0.15, -0.1) is 0 Å². The van der Waals surface area contributed by atoms with Crippen molar-refractivity contribution in [1.29, 1.82) is 0 Å². The van der Waals surface area contributed by atoms with Crippen LogP contribution >= 0.6 is 11.6 Å². The smallest absolute Gasteiger partial charge is 0.341 e. The number of carboxylic acids is 1. The summed E-state index contributed by atoms with van der Waals surface area (Å²) >= 11 is 5.30. The largest absolute Gasteiger partial charge is 0.477 e. The zero-order valence-electron chi connectivity index (χ0n) is 5.98. The Kier molecular flexibility index (Phi) is 2.28. The number of aromatic nitrogens is 2. The molecular formula is C4H4ClN3O4S. The molecule has 0 bridgehead atoms. The van der Waals surface area contributed by atoms with Gasteiger partial charge < -0.3 is 5.11 Å². The zero-order chi connectivity index (χ0) is 10.2. The topological polar surface area (TPSA) is 126 Å². The Labute approximate surface area is 77.6 Å². The number of aromatic amines is 1. The second-order valence-electron chi connectivity index (χ2n) is 2.07. The lowest BCUT2D eigenvalue weighted by molar-refractivity contribution is 0.0693. The van der Waals surface area contributed by atoms with Crippen molar-refractivity contribution in [2.75, 3.05) is 0 Å². The number of hydrogen-bond donors (Lipinski definition) is 3. The van der Waals surface area contributed by atoms with Gasteiger partial charge in [0, 0.05) is 0 Å². The molecule has 9 heteroatoms. The zero-order valence-corrected chi connectivity index (χ0v) is 7.56. The number of carboxylic acid groups (broad SMARTS) is 1. The standard InChI is InChI=1S/C4H4ClN3O4S/c5-2-1(4(9)10)3(8-7-2)13(6,11)12/h(H,7,8)(H,9,10)(H2,6,11,12). The van der Waals surface area contributed by atoms with Gasteiger partial charge in [0.1, 0.15) is 5.56 Å². The lowest BCUT2D eigenvalue weighted by Crippen LogP contribution is -2.16. The molecule has 72 valence electrons. The third kappa shape index (κ3) is 1.79. The van der Waals surface area contributed by atoms with E-state index in [1.54, 1.807) is 0 Å². The molecule has 0 unspecified atom stereocenters. The molecule has 1 aromatic heterocycles. The van der Waals surface area contributed by atoms with E-state index in [2.05, 4.69) is 10.2 Å². The van der Waals surface area contributed by atoms with E-state index < -0.39 is 31.7 Å². The Hall–Kier alpha value is -1.12. The molecule has 0 radical (unpaired) electrons. The van der Waals surface area contributed by atoms with Gasteiger partial charge in [0.2, 0.25) is 0 Å². The maximum atomic E-state index is 10.8. The first-order valence-corrected chi connectivity index (χ1v) is 4.76. The highest BCUT2D eigenvalue weighted by Crippen LogP contribution is 2.19. The van der Waals surface area contributed by atoms with Crippen molar-refractivity contribution in [3.63, 3.8) is 0 Å². The highest BCUT2D eigenvalue weighted by atomic mass is 35.5. The van der Waals surface area contributed by atoms with Crippen molar-refractivity contribution in [2.45, 2.75) is 5.03 Å². The maximum absolute atomic E-state index is 10.8. The molecule has 0 aliphatic heterocycles. The number of aromatic carboxylic acids is 1. The number of hydrogen-bond acceptors (Lipinski definition) is 4. The predicted molar refractivity (Wildman–Crippen MR) is 41.9 cm³/mol. The van der Waals surface area contributed by atoms with Gasteiger partial charge in [-0.05, 0) is 0 Å². The summed E-state index contributed by atoms with van der Waals surface area (Å²) in [6.07, 6.45) is 0. The minimum Gasteiger partial charge on any atom is -0.477 e. The van der Waals surface area contributed by atoms with Crippen LogP contribution < -0.4 is 5.14 Å². The van der Waals surface area contributed by atoms with Gasteiger partial charge in [-0.2, -0.15) is 5.10 Å². The number of rotatable bonds is 2. The van der Waals surface area contributed by atoms with E-state index in [1.165, 1.54) is 0 Å². The Bertz CT molecular complexity index is 450. The number of nitrogens with zero attached hydrogens (tertiary/aromatic N) is 1. The molecule has 0 aliphatic carbocycles. The van der Waals surface area contributed by atoms with Crippen molar-refractivity contribution in [3.8, 4) is 0 Å². The van der Waals surface area contributed by atoms with E-state index in [4.69, 9.17) is 16.7 Å². The molecule has 0 saturated carbocycles. The van der Waals surface area contributed by atoms with E-state index in [0.717, 1.165) is 0 Å². The van der Waals surface area contributed by atoms with Crippen LogP contribution in [0.2, 0.25) is 5.15 Å². The molecule has 0 spiro atoms. The molecule has 13 heavy (non-hydrogen) atoms. The minimum atomic E-state index is -4.14. The summed E-state index contributed by atoms with van der Waals surface area (Å²) < 4.78 is 21.5. The molecule has 1 aromatic rings. The van der Waals surface area contributed by atoms with Crippen molar-refractivity contribution < 1.29 is 18.3 Å². The summed E-state index contributed by atoms with van der Waals surface area (Å²) in [5.41, 5.74) is -0.649. The van der Waals surface area contributed by atoms with Gasteiger partial charge in [0.05, 0.1) is 0 Å². The molecule has 7 nitrogen and oxygen atoms in total. The molecule has 1 heterocycles. The van der Waals surface area contributed by atoms with Crippen LogP contribution in [0.3, 0.4) is 0 Å². The molecule has 1 rings (SSSR count). The fourth-order valence-corrected chi connectivity index (χ4v) is 1.61. The number of nitrogens with two attached hydrogens (primary N) is 1. The molecular weight excluding hydrogens is 222 g/mol. The van der Waals surface area contributed by atoms with Crippen LogP contribution in [0.25, 0.3) is 0 Å². The molecule has 0 amide bonds. The highest BCUT2D eigenvalue weighted by molar-refractivity contribution is 7.89. The summed E-state index contributed by atoms with van der Waals surface area (Å²) in [5.74, 6) is -1.51. The van der Waals surface area contributed by atoms with Gasteiger partial charge in [-0.1, -0.05) is 11.6 Å². The fourth-order valence-electron chi connectivity index (χ4n) is 0.697. The van der Waals surface area contributed by atoms with E-state index in [1.807, 2.05) is 5.10 Å². The summed E-state index contributed by atoms with van der Waals surface area (Å²) in [6, 6.07) is 0. The summed E-state index contributed by atoms with van der Waals surface area (Å²) in [7, 11) is -4.14. The van der Waals surface area contributed by atoms with Gasteiger partial charge >= 0.3 is 5.97 Å². The normalized spacial score (nSPS) is 11.5. The molecule has 0 atom stereocenters. The average molecular weight is 226 g/mol. The minimum absolute atomic E-state index is 0.448. The number of nitrogens with one attached hydrogen (secondary N) is 1. The fraction of sp³-hybridized carbons (Fsp3) is 0. The number of carbonyl (C=O) groups is 1. The Morgan fingerprint density at radius 1 is 1.62 bits per heavy atom. The molecule has 0 fully saturated rings. The number of sulfonamides is 1. The van der Waals surface area contributed by atoms with Crippen molar-refractivity contribution in [1.82, 2.24) is 10.2 Å². The maximum Gasteiger partial charge on any atom is 0.341 e. The lowest BCUT2D eigenvalue weighted by atomic mass is 10.4. The van der Waals surface area contributed by atoms with Crippen LogP contribution in [0.15, 0.2) is 5.03 Å². The number of halogens is 1. The Morgan fingerprint density at radius 2 is 2.15 bits per heavy atom. The van der Waals surface area contributed by atoms with Crippen molar-refractivity contribution in [3.05, 3.63) is 10.7 Å². The SMILES string of the molecule is NS(=O)(=O)c1[nH]nc(Cl)c1C(=O)O. The molecule has 0 saturated heterocycles. The highest BCUT2D eigenvalue weighted by Gasteiger charge is 2.25. The second-order valence-corrected chi connectivity index (χ2v) is 3.92. The van der Waals surface area contributed by atoms with Crippen LogP contribution in [0.1, 0.15) is 10.4 Å².